The van der Waals surface area contributed by atoms with Gasteiger partial charge in [0.05, 0.1) is 5.38 Å². The molecular weight excluding hydrogens is 290 g/mol. The highest BCUT2D eigenvalue weighted by Crippen LogP contribution is 2.39. The molecule has 2 aromatic carbocycles. The zero-order valence-corrected chi connectivity index (χ0v) is 13.9. The van der Waals surface area contributed by atoms with Crippen LogP contribution in [0.5, 0.6) is 0 Å². The molecule has 0 fully saturated rings. The van der Waals surface area contributed by atoms with Gasteiger partial charge in [-0.3, -0.25) is 4.90 Å². The van der Waals surface area contributed by atoms with E-state index in [1.165, 1.54) is 22.3 Å². The maximum atomic E-state index is 6.70. The Morgan fingerprint density at radius 1 is 1.00 bits per heavy atom. The molecule has 114 valence electrons. The van der Waals surface area contributed by atoms with Crippen LogP contribution < -0.4 is 0 Å². The molecular formula is C20H22ClN. The summed E-state index contributed by atoms with van der Waals surface area (Å²) in [6.45, 7) is 3.16. The van der Waals surface area contributed by atoms with Gasteiger partial charge in [0.25, 0.3) is 0 Å². The van der Waals surface area contributed by atoms with Crippen LogP contribution in [0.2, 0.25) is 0 Å². The second kappa shape index (κ2) is 6.68. The van der Waals surface area contributed by atoms with Crippen molar-refractivity contribution in [2.24, 2.45) is 0 Å². The predicted molar refractivity (Wildman–Crippen MR) is 95.0 cm³/mol. The van der Waals surface area contributed by atoms with E-state index in [-0.39, 0.29) is 5.38 Å². The molecule has 0 spiro atoms. The fourth-order valence-electron chi connectivity index (χ4n) is 3.48. The molecule has 1 nitrogen and oxygen atoms in total. The van der Waals surface area contributed by atoms with Crippen LogP contribution in [-0.4, -0.2) is 23.4 Å². The molecule has 0 unspecified atom stereocenters. The molecule has 1 aliphatic carbocycles. The Labute approximate surface area is 138 Å². The standard InChI is InChI=1S/C20H22ClN/c1-15-18(17-11-7-4-8-12-17)13-19(21)20(15)22(2)14-16-9-5-3-6-10-16/h3-12,19-20H,13-14H2,1-2H3/t19-,20+/m0/s1. The molecule has 3 rings (SSSR count). The van der Waals surface area contributed by atoms with E-state index in [2.05, 4.69) is 79.5 Å². The highest BCUT2D eigenvalue weighted by atomic mass is 35.5. The van der Waals surface area contributed by atoms with Crippen LogP contribution in [0.3, 0.4) is 0 Å². The van der Waals surface area contributed by atoms with Gasteiger partial charge in [0.2, 0.25) is 0 Å². The van der Waals surface area contributed by atoms with Gasteiger partial charge in [-0.2, -0.15) is 0 Å². The molecule has 2 heteroatoms. The van der Waals surface area contributed by atoms with Crippen LogP contribution in [0.1, 0.15) is 24.5 Å². The smallest absolute Gasteiger partial charge is 0.0570 e. The summed E-state index contributed by atoms with van der Waals surface area (Å²) in [7, 11) is 2.17. The minimum absolute atomic E-state index is 0.143. The first-order valence-corrected chi connectivity index (χ1v) is 8.24. The van der Waals surface area contributed by atoms with E-state index in [9.17, 15) is 0 Å². The lowest BCUT2D eigenvalue weighted by Gasteiger charge is -2.28. The number of rotatable bonds is 4. The van der Waals surface area contributed by atoms with Crippen molar-refractivity contribution in [2.75, 3.05) is 7.05 Å². The number of hydrogen-bond acceptors (Lipinski definition) is 1. The summed E-state index contributed by atoms with van der Waals surface area (Å²) < 4.78 is 0. The topological polar surface area (TPSA) is 3.24 Å². The summed E-state index contributed by atoms with van der Waals surface area (Å²) in [4.78, 5) is 2.37. The first-order valence-electron chi connectivity index (χ1n) is 7.80. The first-order chi connectivity index (χ1) is 10.7. The highest BCUT2D eigenvalue weighted by Gasteiger charge is 2.34. The Morgan fingerprint density at radius 2 is 1.59 bits per heavy atom. The van der Waals surface area contributed by atoms with Crippen LogP contribution in [0.15, 0.2) is 66.2 Å². The molecule has 22 heavy (non-hydrogen) atoms. The van der Waals surface area contributed by atoms with Crippen LogP contribution in [0.25, 0.3) is 5.57 Å². The van der Waals surface area contributed by atoms with Crippen LogP contribution in [-0.2, 0) is 6.54 Å². The van der Waals surface area contributed by atoms with Crippen molar-refractivity contribution in [3.05, 3.63) is 77.4 Å². The maximum Gasteiger partial charge on any atom is 0.0570 e. The Balaban J connectivity index is 1.82. The summed E-state index contributed by atoms with van der Waals surface area (Å²) in [5, 5.41) is 0.143. The SMILES string of the molecule is CC1=C(c2ccccc2)C[C@H](Cl)[C@@H]1N(C)Cc1ccccc1. The molecule has 0 aromatic heterocycles. The molecule has 0 bridgehead atoms. The number of alkyl halides is 1. The van der Waals surface area contributed by atoms with Gasteiger partial charge in [-0.15, -0.1) is 11.6 Å². The lowest BCUT2D eigenvalue weighted by Crippen LogP contribution is -2.36. The van der Waals surface area contributed by atoms with Gasteiger partial charge < -0.3 is 0 Å². The second-order valence-electron chi connectivity index (χ2n) is 6.09. The third-order valence-electron chi connectivity index (χ3n) is 4.53. The van der Waals surface area contributed by atoms with Crippen LogP contribution >= 0.6 is 11.6 Å². The third-order valence-corrected chi connectivity index (χ3v) is 4.93. The molecule has 0 heterocycles. The average Bonchev–Trinajstić information content (AvgIpc) is 2.84. The Bertz CT molecular complexity index is 648. The van der Waals surface area contributed by atoms with E-state index in [0.29, 0.717) is 6.04 Å². The normalized spacial score (nSPS) is 21.6. The summed E-state index contributed by atoms with van der Waals surface area (Å²) in [5.41, 5.74) is 5.45. The summed E-state index contributed by atoms with van der Waals surface area (Å²) in [6, 6.07) is 21.5. The van der Waals surface area contributed by atoms with Crippen molar-refractivity contribution in [1.82, 2.24) is 4.90 Å². The van der Waals surface area contributed by atoms with E-state index >= 15 is 0 Å². The molecule has 0 N–H and O–H groups in total. The van der Waals surface area contributed by atoms with Crippen molar-refractivity contribution < 1.29 is 0 Å². The maximum absolute atomic E-state index is 6.70. The molecule has 0 saturated carbocycles. The number of halogens is 1. The number of benzene rings is 2. The molecule has 0 saturated heterocycles. The average molecular weight is 312 g/mol. The number of nitrogens with zero attached hydrogens (tertiary/aromatic N) is 1. The number of allylic oxidation sites excluding steroid dienone is 1. The predicted octanol–water partition coefficient (Wildman–Crippen LogP) is 4.97. The monoisotopic (exact) mass is 311 g/mol. The summed E-state index contributed by atoms with van der Waals surface area (Å²) >= 11 is 6.70. The Kier molecular flexibility index (Phi) is 4.66. The summed E-state index contributed by atoms with van der Waals surface area (Å²) in [6.07, 6.45) is 0.946. The fourth-order valence-corrected chi connectivity index (χ4v) is 4.01. The van der Waals surface area contributed by atoms with E-state index in [1.54, 1.807) is 0 Å². The molecule has 0 radical (unpaired) electrons. The van der Waals surface area contributed by atoms with Gasteiger partial charge >= 0.3 is 0 Å². The quantitative estimate of drug-likeness (QED) is 0.720. The summed E-state index contributed by atoms with van der Waals surface area (Å²) in [5.74, 6) is 0. The second-order valence-corrected chi connectivity index (χ2v) is 6.65. The van der Waals surface area contributed by atoms with Crippen molar-refractivity contribution in [3.63, 3.8) is 0 Å². The van der Waals surface area contributed by atoms with Gasteiger partial charge in [0.1, 0.15) is 0 Å². The number of hydrogen-bond donors (Lipinski definition) is 0. The van der Waals surface area contributed by atoms with Crippen molar-refractivity contribution in [2.45, 2.75) is 31.3 Å². The van der Waals surface area contributed by atoms with Crippen molar-refractivity contribution in [3.8, 4) is 0 Å². The van der Waals surface area contributed by atoms with E-state index in [4.69, 9.17) is 11.6 Å². The first kappa shape index (κ1) is 15.3. The van der Waals surface area contributed by atoms with Gasteiger partial charge in [0.15, 0.2) is 0 Å². The Morgan fingerprint density at radius 3 is 2.23 bits per heavy atom. The van der Waals surface area contributed by atoms with Crippen LogP contribution in [0, 0.1) is 0 Å². The minimum Gasteiger partial charge on any atom is -0.294 e. The van der Waals surface area contributed by atoms with Gasteiger partial charge in [0, 0.05) is 12.6 Å². The lowest BCUT2D eigenvalue weighted by molar-refractivity contribution is 0.264. The third kappa shape index (κ3) is 3.11. The van der Waals surface area contributed by atoms with Gasteiger partial charge in [-0.25, -0.2) is 0 Å². The molecule has 0 aliphatic heterocycles. The largest absolute Gasteiger partial charge is 0.294 e. The molecule has 2 atom stereocenters. The van der Waals surface area contributed by atoms with E-state index in [1.807, 2.05) is 0 Å². The van der Waals surface area contributed by atoms with Gasteiger partial charge in [-0.1, -0.05) is 66.2 Å². The highest BCUT2D eigenvalue weighted by molar-refractivity contribution is 6.22. The lowest BCUT2D eigenvalue weighted by atomic mass is 10.0. The molecule has 0 amide bonds. The van der Waals surface area contributed by atoms with Gasteiger partial charge in [-0.05, 0) is 37.1 Å². The zero-order chi connectivity index (χ0) is 15.5. The fraction of sp³-hybridized carbons (Fsp3) is 0.300. The van der Waals surface area contributed by atoms with Crippen molar-refractivity contribution in [1.29, 1.82) is 0 Å². The molecule has 1 aliphatic rings. The number of likely N-dealkylation sites (N-methyl/N-ethyl adjacent to an activating group) is 1. The molecule has 2 aromatic rings. The Hall–Kier alpha value is -1.57. The van der Waals surface area contributed by atoms with E-state index in [0.717, 1.165) is 13.0 Å². The minimum atomic E-state index is 0.143. The zero-order valence-electron chi connectivity index (χ0n) is 13.2. The van der Waals surface area contributed by atoms with Crippen LogP contribution in [0.4, 0.5) is 0 Å². The van der Waals surface area contributed by atoms with E-state index < -0.39 is 0 Å². The van der Waals surface area contributed by atoms with Crippen molar-refractivity contribution >= 4 is 17.2 Å².